The molecule has 0 saturated heterocycles. The Morgan fingerprint density at radius 2 is 2.08 bits per heavy atom. The summed E-state index contributed by atoms with van der Waals surface area (Å²) in [6, 6.07) is 10.6. The first-order valence-electron chi connectivity index (χ1n) is 7.23. The standard InChI is InChI=1S/C17H14ClNO4S/c1-10(12-6-4-8-22-12)19-14(20)9-23-17(21)16-15(18)11-5-2-3-7-13(11)24-16/h2-8,10H,9H2,1H3,(H,19,20)/t10-/m1/s1. The average Bonchev–Trinajstić information content (AvgIpc) is 3.21. The molecule has 1 atom stereocenters. The summed E-state index contributed by atoms with van der Waals surface area (Å²) in [5, 5.41) is 3.84. The van der Waals surface area contributed by atoms with Crippen molar-refractivity contribution in [2.75, 3.05) is 6.61 Å². The summed E-state index contributed by atoms with van der Waals surface area (Å²) in [4.78, 5) is 24.3. The van der Waals surface area contributed by atoms with Gasteiger partial charge >= 0.3 is 5.97 Å². The zero-order valence-corrected chi connectivity index (χ0v) is 14.3. The maximum absolute atomic E-state index is 12.2. The molecule has 124 valence electrons. The zero-order valence-electron chi connectivity index (χ0n) is 12.7. The third-order valence-electron chi connectivity index (χ3n) is 3.40. The molecule has 24 heavy (non-hydrogen) atoms. The van der Waals surface area contributed by atoms with Gasteiger partial charge in [-0.25, -0.2) is 4.79 Å². The van der Waals surface area contributed by atoms with Gasteiger partial charge in [-0.05, 0) is 25.1 Å². The monoisotopic (exact) mass is 363 g/mol. The lowest BCUT2D eigenvalue weighted by atomic mass is 10.2. The molecule has 2 heterocycles. The van der Waals surface area contributed by atoms with Crippen molar-refractivity contribution in [1.29, 1.82) is 0 Å². The van der Waals surface area contributed by atoms with E-state index in [0.29, 0.717) is 15.7 Å². The van der Waals surface area contributed by atoms with Crippen molar-refractivity contribution in [3.63, 3.8) is 0 Å². The van der Waals surface area contributed by atoms with Crippen LogP contribution in [0.25, 0.3) is 10.1 Å². The number of esters is 1. The highest BCUT2D eigenvalue weighted by atomic mass is 35.5. The van der Waals surface area contributed by atoms with Gasteiger partial charge in [0.1, 0.15) is 10.6 Å². The number of amides is 1. The van der Waals surface area contributed by atoms with Crippen LogP contribution in [0.3, 0.4) is 0 Å². The summed E-state index contributed by atoms with van der Waals surface area (Å²) < 4.78 is 11.2. The lowest BCUT2D eigenvalue weighted by molar-refractivity contribution is -0.125. The van der Waals surface area contributed by atoms with Crippen LogP contribution in [0.1, 0.15) is 28.4 Å². The van der Waals surface area contributed by atoms with Crippen LogP contribution in [0.5, 0.6) is 0 Å². The Balaban J connectivity index is 1.60. The second-order valence-electron chi connectivity index (χ2n) is 5.12. The van der Waals surface area contributed by atoms with Crippen LogP contribution in [0.4, 0.5) is 0 Å². The van der Waals surface area contributed by atoms with E-state index in [1.807, 2.05) is 24.3 Å². The van der Waals surface area contributed by atoms with Gasteiger partial charge in [-0.2, -0.15) is 0 Å². The highest BCUT2D eigenvalue weighted by molar-refractivity contribution is 7.21. The molecule has 0 unspecified atom stereocenters. The van der Waals surface area contributed by atoms with Crippen molar-refractivity contribution < 1.29 is 18.7 Å². The molecule has 3 aromatic rings. The van der Waals surface area contributed by atoms with Crippen molar-refractivity contribution in [3.8, 4) is 0 Å². The van der Waals surface area contributed by atoms with Gasteiger partial charge in [-0.3, -0.25) is 4.79 Å². The smallest absolute Gasteiger partial charge is 0.350 e. The van der Waals surface area contributed by atoms with Gasteiger partial charge in [0.05, 0.1) is 17.3 Å². The lowest BCUT2D eigenvalue weighted by Gasteiger charge is -2.11. The van der Waals surface area contributed by atoms with E-state index in [1.54, 1.807) is 19.1 Å². The number of furan rings is 1. The molecule has 1 aromatic carbocycles. The second kappa shape index (κ2) is 7.07. The van der Waals surface area contributed by atoms with Crippen LogP contribution < -0.4 is 5.32 Å². The van der Waals surface area contributed by atoms with E-state index in [0.717, 1.165) is 10.1 Å². The number of carbonyl (C=O) groups excluding carboxylic acids is 2. The van der Waals surface area contributed by atoms with Gasteiger partial charge in [0, 0.05) is 10.1 Å². The van der Waals surface area contributed by atoms with E-state index >= 15 is 0 Å². The molecule has 0 bridgehead atoms. The molecule has 7 heteroatoms. The van der Waals surface area contributed by atoms with Crippen molar-refractivity contribution in [1.82, 2.24) is 5.32 Å². The number of nitrogens with one attached hydrogen (secondary N) is 1. The fourth-order valence-corrected chi connectivity index (χ4v) is 3.64. The van der Waals surface area contributed by atoms with Crippen molar-refractivity contribution in [2.24, 2.45) is 0 Å². The minimum absolute atomic E-state index is 0.296. The molecular weight excluding hydrogens is 350 g/mol. The highest BCUT2D eigenvalue weighted by Gasteiger charge is 2.20. The summed E-state index contributed by atoms with van der Waals surface area (Å²) in [7, 11) is 0. The second-order valence-corrected chi connectivity index (χ2v) is 6.55. The Morgan fingerprint density at radius 3 is 2.79 bits per heavy atom. The highest BCUT2D eigenvalue weighted by Crippen LogP contribution is 2.35. The molecule has 0 spiro atoms. The first kappa shape index (κ1) is 16.5. The third kappa shape index (κ3) is 3.44. The van der Waals surface area contributed by atoms with Gasteiger partial charge in [0.2, 0.25) is 0 Å². The number of thiophene rings is 1. The number of hydrogen-bond acceptors (Lipinski definition) is 5. The number of halogens is 1. The molecule has 1 amide bonds. The predicted molar refractivity (Wildman–Crippen MR) is 92.4 cm³/mol. The molecule has 2 aromatic heterocycles. The molecule has 5 nitrogen and oxygen atoms in total. The van der Waals surface area contributed by atoms with Crippen molar-refractivity contribution in [3.05, 3.63) is 58.3 Å². The summed E-state index contributed by atoms with van der Waals surface area (Å²) >= 11 is 7.46. The third-order valence-corrected chi connectivity index (χ3v) is 5.06. The minimum atomic E-state index is -0.609. The van der Waals surface area contributed by atoms with Crippen LogP contribution in [-0.2, 0) is 9.53 Å². The Hall–Kier alpha value is -2.31. The minimum Gasteiger partial charge on any atom is -0.467 e. The summed E-state index contributed by atoms with van der Waals surface area (Å²) in [6.45, 7) is 1.40. The van der Waals surface area contributed by atoms with Crippen molar-refractivity contribution >= 4 is 44.9 Å². The Morgan fingerprint density at radius 1 is 1.29 bits per heavy atom. The lowest BCUT2D eigenvalue weighted by Crippen LogP contribution is -2.30. The first-order valence-corrected chi connectivity index (χ1v) is 8.42. The van der Waals surface area contributed by atoms with Crippen LogP contribution in [0.2, 0.25) is 5.02 Å². The maximum Gasteiger partial charge on any atom is 0.350 e. The molecule has 0 aliphatic carbocycles. The Bertz CT molecular complexity index is 872. The number of benzene rings is 1. The Labute approximate surface area is 147 Å². The van der Waals surface area contributed by atoms with Crippen LogP contribution in [0.15, 0.2) is 47.1 Å². The summed E-state index contributed by atoms with van der Waals surface area (Å²) in [5.74, 6) is -0.395. The Kier molecular flexibility index (Phi) is 4.87. The quantitative estimate of drug-likeness (QED) is 0.690. The number of ether oxygens (including phenoxy) is 1. The summed E-state index contributed by atoms with van der Waals surface area (Å²) in [5.41, 5.74) is 0. The van der Waals surface area contributed by atoms with Gasteiger partial charge in [0.25, 0.3) is 5.91 Å². The molecule has 0 saturated carbocycles. The topological polar surface area (TPSA) is 68.5 Å². The van der Waals surface area contributed by atoms with Crippen LogP contribution in [-0.4, -0.2) is 18.5 Å². The SMILES string of the molecule is C[C@@H](NC(=O)COC(=O)c1sc2ccccc2c1Cl)c1ccco1. The first-order chi connectivity index (χ1) is 11.6. The van der Waals surface area contributed by atoms with E-state index in [-0.39, 0.29) is 12.6 Å². The molecule has 1 N–H and O–H groups in total. The molecule has 3 rings (SSSR count). The van der Waals surface area contributed by atoms with E-state index in [2.05, 4.69) is 5.32 Å². The molecular formula is C17H14ClNO4S. The zero-order chi connectivity index (χ0) is 17.1. The normalized spacial score (nSPS) is 12.1. The molecule has 0 aliphatic heterocycles. The molecule has 0 radical (unpaired) electrons. The number of hydrogen-bond donors (Lipinski definition) is 1. The van der Waals surface area contributed by atoms with Gasteiger partial charge < -0.3 is 14.5 Å². The largest absolute Gasteiger partial charge is 0.467 e. The van der Waals surface area contributed by atoms with Gasteiger partial charge in [-0.15, -0.1) is 11.3 Å². The maximum atomic E-state index is 12.2. The van der Waals surface area contributed by atoms with Gasteiger partial charge in [0.15, 0.2) is 6.61 Å². The van der Waals surface area contributed by atoms with Gasteiger partial charge in [-0.1, -0.05) is 29.8 Å². The fourth-order valence-electron chi connectivity index (χ4n) is 2.23. The fraction of sp³-hybridized carbons (Fsp3) is 0.176. The molecule has 0 fully saturated rings. The van der Waals surface area contributed by atoms with Crippen molar-refractivity contribution in [2.45, 2.75) is 13.0 Å². The van der Waals surface area contributed by atoms with Crippen LogP contribution in [0, 0.1) is 0 Å². The van der Waals surface area contributed by atoms with E-state index in [4.69, 9.17) is 20.8 Å². The van der Waals surface area contributed by atoms with Crippen LogP contribution >= 0.6 is 22.9 Å². The molecule has 0 aliphatic rings. The number of carbonyl (C=O) groups is 2. The summed E-state index contributed by atoms with van der Waals surface area (Å²) in [6.07, 6.45) is 1.53. The average molecular weight is 364 g/mol. The number of rotatable bonds is 5. The van der Waals surface area contributed by atoms with E-state index in [9.17, 15) is 9.59 Å². The number of fused-ring (bicyclic) bond motifs is 1. The van der Waals surface area contributed by atoms with E-state index in [1.165, 1.54) is 17.6 Å². The predicted octanol–water partition coefficient (Wildman–Crippen LogP) is 4.18. The van der Waals surface area contributed by atoms with E-state index < -0.39 is 11.9 Å².